The van der Waals surface area contributed by atoms with E-state index in [4.69, 9.17) is 9.52 Å². The summed E-state index contributed by atoms with van der Waals surface area (Å²) in [5.41, 5.74) is 0.821. The molecule has 0 bridgehead atoms. The lowest BCUT2D eigenvalue weighted by Crippen LogP contribution is -2.32. The van der Waals surface area contributed by atoms with Gasteiger partial charge in [-0.15, -0.1) is 0 Å². The van der Waals surface area contributed by atoms with Crippen LogP contribution in [-0.2, 0) is 11.3 Å². The summed E-state index contributed by atoms with van der Waals surface area (Å²) in [6, 6.07) is 1.53. The molecule has 2 rings (SSSR count). The fourth-order valence-electron chi connectivity index (χ4n) is 2.03. The van der Waals surface area contributed by atoms with Crippen LogP contribution in [-0.4, -0.2) is 41.5 Å². The number of carboxylic acid groups (broad SMARTS) is 1. The molecule has 1 saturated heterocycles. The van der Waals surface area contributed by atoms with Crippen LogP contribution in [0.1, 0.15) is 28.3 Å². The molecule has 0 atom stereocenters. The van der Waals surface area contributed by atoms with E-state index in [-0.39, 0.29) is 11.7 Å². The van der Waals surface area contributed by atoms with Crippen LogP contribution in [0.3, 0.4) is 0 Å². The van der Waals surface area contributed by atoms with Gasteiger partial charge in [0.1, 0.15) is 5.76 Å². The van der Waals surface area contributed by atoms with E-state index in [9.17, 15) is 9.59 Å². The normalized spacial score (nSPS) is 17.3. The predicted octanol–water partition coefficient (Wildman–Crippen LogP) is 0.608. The van der Waals surface area contributed by atoms with Gasteiger partial charge in [-0.3, -0.25) is 9.69 Å². The number of hydrogen-bond donors (Lipinski definition) is 2. The van der Waals surface area contributed by atoms with Gasteiger partial charge in [0.05, 0.1) is 6.54 Å². The first-order valence-corrected chi connectivity index (χ1v) is 5.88. The lowest BCUT2D eigenvalue weighted by Gasteiger charge is -2.17. The number of carboxylic acids is 1. The van der Waals surface area contributed by atoms with E-state index in [0.29, 0.717) is 25.4 Å². The molecule has 0 radical (unpaired) electrons. The number of hydrogen-bond acceptors (Lipinski definition) is 4. The van der Waals surface area contributed by atoms with Crippen LogP contribution in [0.2, 0.25) is 0 Å². The minimum atomic E-state index is -1.07. The first kappa shape index (κ1) is 12.6. The van der Waals surface area contributed by atoms with Crippen molar-refractivity contribution in [1.82, 2.24) is 10.2 Å². The highest BCUT2D eigenvalue weighted by Gasteiger charge is 2.18. The van der Waals surface area contributed by atoms with E-state index in [1.807, 2.05) is 4.90 Å². The standard InChI is InChI=1S/C12H16N2O4/c1-8-9(5-10(18-8)12(16)17)6-14-4-2-3-13-11(15)7-14/h5H,2-4,6-7H2,1H3,(H,13,15)(H,16,17). The van der Waals surface area contributed by atoms with Crippen molar-refractivity contribution < 1.29 is 19.1 Å². The molecule has 1 aliphatic rings. The number of amides is 1. The maximum Gasteiger partial charge on any atom is 0.371 e. The number of aromatic carboxylic acids is 1. The van der Waals surface area contributed by atoms with Gasteiger partial charge in [-0.1, -0.05) is 0 Å². The highest BCUT2D eigenvalue weighted by Crippen LogP contribution is 2.17. The highest BCUT2D eigenvalue weighted by molar-refractivity contribution is 5.84. The van der Waals surface area contributed by atoms with Gasteiger partial charge in [-0.25, -0.2) is 4.79 Å². The summed E-state index contributed by atoms with van der Waals surface area (Å²) in [6.45, 7) is 4.12. The third kappa shape index (κ3) is 2.89. The van der Waals surface area contributed by atoms with Crippen molar-refractivity contribution in [2.45, 2.75) is 19.9 Å². The molecule has 1 aromatic heterocycles. The van der Waals surface area contributed by atoms with Gasteiger partial charge in [0.2, 0.25) is 11.7 Å². The van der Waals surface area contributed by atoms with E-state index >= 15 is 0 Å². The molecule has 1 amide bonds. The van der Waals surface area contributed by atoms with Crippen molar-refractivity contribution in [3.05, 3.63) is 23.2 Å². The summed E-state index contributed by atoms with van der Waals surface area (Å²) in [5, 5.41) is 11.6. The van der Waals surface area contributed by atoms with Crippen LogP contribution in [0.4, 0.5) is 0 Å². The third-order valence-corrected chi connectivity index (χ3v) is 2.97. The van der Waals surface area contributed by atoms with Crippen LogP contribution in [0.15, 0.2) is 10.5 Å². The number of carbonyl (C=O) groups is 2. The lowest BCUT2D eigenvalue weighted by atomic mass is 10.2. The summed E-state index contributed by atoms with van der Waals surface area (Å²) < 4.78 is 5.15. The number of aryl methyl sites for hydroxylation is 1. The fourth-order valence-corrected chi connectivity index (χ4v) is 2.03. The van der Waals surface area contributed by atoms with Crippen LogP contribution < -0.4 is 5.32 Å². The maximum atomic E-state index is 11.4. The average Bonchev–Trinajstić information content (AvgIpc) is 2.54. The smallest absolute Gasteiger partial charge is 0.371 e. The Kier molecular flexibility index (Phi) is 3.66. The molecule has 6 nitrogen and oxygen atoms in total. The molecule has 1 aliphatic heterocycles. The molecular formula is C12H16N2O4. The number of furan rings is 1. The maximum absolute atomic E-state index is 11.4. The van der Waals surface area contributed by atoms with Crippen LogP contribution in [0.25, 0.3) is 0 Å². The molecule has 1 aromatic rings. The van der Waals surface area contributed by atoms with Gasteiger partial charge in [0, 0.05) is 25.2 Å². The second-order valence-electron chi connectivity index (χ2n) is 4.41. The molecule has 98 valence electrons. The fraction of sp³-hybridized carbons (Fsp3) is 0.500. The predicted molar refractivity (Wildman–Crippen MR) is 63.3 cm³/mol. The van der Waals surface area contributed by atoms with E-state index in [1.165, 1.54) is 6.07 Å². The second-order valence-corrected chi connectivity index (χ2v) is 4.41. The van der Waals surface area contributed by atoms with Crippen LogP contribution in [0.5, 0.6) is 0 Å². The Morgan fingerprint density at radius 1 is 1.61 bits per heavy atom. The summed E-state index contributed by atoms with van der Waals surface area (Å²) in [7, 11) is 0. The van der Waals surface area contributed by atoms with Crippen molar-refractivity contribution in [1.29, 1.82) is 0 Å². The van der Waals surface area contributed by atoms with Gasteiger partial charge in [-0.2, -0.15) is 0 Å². The molecular weight excluding hydrogens is 236 g/mol. The van der Waals surface area contributed by atoms with Gasteiger partial charge >= 0.3 is 5.97 Å². The highest BCUT2D eigenvalue weighted by atomic mass is 16.4. The first-order chi connectivity index (χ1) is 8.56. The second kappa shape index (κ2) is 5.22. The Morgan fingerprint density at radius 3 is 3.06 bits per heavy atom. The quantitative estimate of drug-likeness (QED) is 0.823. The Balaban J connectivity index is 2.08. The van der Waals surface area contributed by atoms with E-state index < -0.39 is 5.97 Å². The zero-order chi connectivity index (χ0) is 13.1. The van der Waals surface area contributed by atoms with Crippen molar-refractivity contribution >= 4 is 11.9 Å². The van der Waals surface area contributed by atoms with Gasteiger partial charge in [-0.05, 0) is 19.4 Å². The van der Waals surface area contributed by atoms with Gasteiger partial charge in [0.25, 0.3) is 0 Å². The van der Waals surface area contributed by atoms with Crippen molar-refractivity contribution in [2.75, 3.05) is 19.6 Å². The summed E-state index contributed by atoms with van der Waals surface area (Å²) in [5.74, 6) is -0.524. The molecule has 0 unspecified atom stereocenters. The Bertz CT molecular complexity index is 467. The Morgan fingerprint density at radius 2 is 2.39 bits per heavy atom. The van der Waals surface area contributed by atoms with Gasteiger partial charge < -0.3 is 14.8 Å². The average molecular weight is 252 g/mol. The molecule has 6 heteroatoms. The molecule has 18 heavy (non-hydrogen) atoms. The summed E-state index contributed by atoms with van der Waals surface area (Å²) in [4.78, 5) is 24.2. The number of carbonyl (C=O) groups excluding carboxylic acids is 1. The number of rotatable bonds is 3. The summed E-state index contributed by atoms with van der Waals surface area (Å²) in [6.07, 6.45) is 0.897. The van der Waals surface area contributed by atoms with E-state index in [0.717, 1.165) is 18.5 Å². The molecule has 0 aromatic carbocycles. The molecule has 0 spiro atoms. The minimum Gasteiger partial charge on any atom is -0.475 e. The Hall–Kier alpha value is -1.82. The number of nitrogens with zero attached hydrogens (tertiary/aromatic N) is 1. The molecule has 1 fully saturated rings. The molecule has 2 N–H and O–H groups in total. The molecule has 0 saturated carbocycles. The van der Waals surface area contributed by atoms with Crippen molar-refractivity contribution in [3.63, 3.8) is 0 Å². The first-order valence-electron chi connectivity index (χ1n) is 5.88. The summed E-state index contributed by atoms with van der Waals surface area (Å²) >= 11 is 0. The zero-order valence-electron chi connectivity index (χ0n) is 10.2. The molecule has 2 heterocycles. The van der Waals surface area contributed by atoms with Crippen LogP contribution >= 0.6 is 0 Å². The minimum absolute atomic E-state index is 0.00658. The van der Waals surface area contributed by atoms with E-state index in [2.05, 4.69) is 5.32 Å². The zero-order valence-corrected chi connectivity index (χ0v) is 10.2. The van der Waals surface area contributed by atoms with Gasteiger partial charge in [0.15, 0.2) is 0 Å². The monoisotopic (exact) mass is 252 g/mol. The Labute approximate surface area is 105 Å². The topological polar surface area (TPSA) is 82.8 Å². The molecule has 0 aliphatic carbocycles. The van der Waals surface area contributed by atoms with Crippen molar-refractivity contribution in [2.24, 2.45) is 0 Å². The third-order valence-electron chi connectivity index (χ3n) is 2.97. The van der Waals surface area contributed by atoms with Crippen LogP contribution in [0, 0.1) is 6.92 Å². The largest absolute Gasteiger partial charge is 0.475 e. The van der Waals surface area contributed by atoms with Crippen molar-refractivity contribution in [3.8, 4) is 0 Å². The van der Waals surface area contributed by atoms with E-state index in [1.54, 1.807) is 6.92 Å². The lowest BCUT2D eigenvalue weighted by molar-refractivity contribution is -0.121. The SMILES string of the molecule is Cc1oc(C(=O)O)cc1CN1CCCNC(=O)C1. The number of nitrogens with one attached hydrogen (secondary N) is 1.